The van der Waals surface area contributed by atoms with Crippen LogP contribution in [0.4, 0.5) is 0 Å². The van der Waals surface area contributed by atoms with E-state index in [0.717, 1.165) is 58.3 Å². The van der Waals surface area contributed by atoms with E-state index in [-0.39, 0.29) is 0 Å². The summed E-state index contributed by atoms with van der Waals surface area (Å²) in [6.07, 6.45) is 0.850. The van der Waals surface area contributed by atoms with Crippen molar-refractivity contribution in [2.24, 2.45) is 0 Å². The van der Waals surface area contributed by atoms with Crippen LogP contribution < -0.4 is 10.1 Å². The van der Waals surface area contributed by atoms with E-state index in [2.05, 4.69) is 21.4 Å². The van der Waals surface area contributed by atoms with Gasteiger partial charge in [-0.15, -0.1) is 0 Å². The van der Waals surface area contributed by atoms with Crippen LogP contribution >= 0.6 is 11.6 Å². The van der Waals surface area contributed by atoms with Gasteiger partial charge in [0.05, 0.1) is 11.0 Å². The highest BCUT2D eigenvalue weighted by Gasteiger charge is 2.05. The Morgan fingerprint density at radius 2 is 1.71 bits per heavy atom. The molecule has 4 aromatic rings. The van der Waals surface area contributed by atoms with Gasteiger partial charge in [0.1, 0.15) is 18.2 Å². The lowest BCUT2D eigenvalue weighted by Gasteiger charge is -2.12. The normalized spacial score (nSPS) is 11.0. The van der Waals surface area contributed by atoms with Crippen molar-refractivity contribution in [3.05, 3.63) is 94.8 Å². The maximum Gasteiger partial charge on any atom is 0.124 e. The fourth-order valence-corrected chi connectivity index (χ4v) is 3.21. The van der Waals surface area contributed by atoms with E-state index in [1.165, 1.54) is 0 Å². The Bertz CT molecular complexity index is 1010. The Hall–Kier alpha value is -2.82. The van der Waals surface area contributed by atoms with Crippen LogP contribution in [0.15, 0.2) is 72.8 Å². The molecule has 4 nitrogen and oxygen atoms in total. The average molecular weight is 392 g/mol. The molecule has 142 valence electrons. The van der Waals surface area contributed by atoms with E-state index in [1.54, 1.807) is 0 Å². The molecule has 0 spiro atoms. The summed E-state index contributed by atoms with van der Waals surface area (Å²) >= 11 is 5.94. The van der Waals surface area contributed by atoms with E-state index in [0.29, 0.717) is 6.61 Å². The van der Waals surface area contributed by atoms with Gasteiger partial charge in [0.2, 0.25) is 0 Å². The van der Waals surface area contributed by atoms with Crippen molar-refractivity contribution in [1.82, 2.24) is 15.3 Å². The molecule has 28 heavy (non-hydrogen) atoms. The minimum Gasteiger partial charge on any atom is -0.489 e. The van der Waals surface area contributed by atoms with Crippen molar-refractivity contribution < 1.29 is 4.74 Å². The smallest absolute Gasteiger partial charge is 0.124 e. The van der Waals surface area contributed by atoms with Gasteiger partial charge in [-0.25, -0.2) is 4.98 Å². The number of rotatable bonds is 8. The highest BCUT2D eigenvalue weighted by Crippen LogP contribution is 2.20. The van der Waals surface area contributed by atoms with E-state index in [1.807, 2.05) is 66.7 Å². The molecule has 5 heteroatoms. The topological polar surface area (TPSA) is 49.9 Å². The van der Waals surface area contributed by atoms with E-state index < -0.39 is 0 Å². The third kappa shape index (κ3) is 4.71. The second-order valence-electron chi connectivity index (χ2n) is 6.65. The van der Waals surface area contributed by atoms with Crippen molar-refractivity contribution >= 4 is 22.6 Å². The molecular formula is C23H22ClN3O. The molecule has 0 aliphatic heterocycles. The number of hydrogen-bond acceptors (Lipinski definition) is 3. The van der Waals surface area contributed by atoms with Crippen LogP contribution in [-0.2, 0) is 19.6 Å². The molecule has 1 heterocycles. The van der Waals surface area contributed by atoms with Crippen molar-refractivity contribution in [3.8, 4) is 5.75 Å². The Morgan fingerprint density at radius 1 is 0.929 bits per heavy atom. The number of ether oxygens (including phenoxy) is 1. The zero-order valence-corrected chi connectivity index (χ0v) is 16.2. The van der Waals surface area contributed by atoms with Gasteiger partial charge in [-0.05, 0) is 35.9 Å². The summed E-state index contributed by atoms with van der Waals surface area (Å²) in [4.78, 5) is 7.98. The molecular weight excluding hydrogens is 370 g/mol. The van der Waals surface area contributed by atoms with Crippen molar-refractivity contribution in [2.45, 2.75) is 19.6 Å². The van der Waals surface area contributed by atoms with E-state index in [4.69, 9.17) is 16.3 Å². The highest BCUT2D eigenvalue weighted by atomic mass is 35.5. The van der Waals surface area contributed by atoms with Crippen molar-refractivity contribution in [2.75, 3.05) is 6.54 Å². The summed E-state index contributed by atoms with van der Waals surface area (Å²) in [5.41, 5.74) is 4.33. The van der Waals surface area contributed by atoms with Gasteiger partial charge in [0.25, 0.3) is 0 Å². The van der Waals surface area contributed by atoms with Crippen LogP contribution in [0, 0.1) is 0 Å². The molecule has 0 aliphatic carbocycles. The standard InChI is InChI=1S/C23H22ClN3O/c24-19-11-9-17(10-12-19)16-28-22-8-4-1-5-18(22)15-25-14-13-23-26-20-6-2-3-7-21(20)27-23/h1-12,25H,13-16H2,(H,26,27). The molecule has 0 atom stereocenters. The van der Waals surface area contributed by atoms with Gasteiger partial charge in [-0.3, -0.25) is 0 Å². The van der Waals surface area contributed by atoms with Gasteiger partial charge in [0, 0.05) is 30.1 Å². The molecule has 2 N–H and O–H groups in total. The van der Waals surface area contributed by atoms with Crippen LogP contribution in [0.25, 0.3) is 11.0 Å². The SMILES string of the molecule is Clc1ccc(COc2ccccc2CNCCc2nc3ccccc3[nH]2)cc1. The average Bonchev–Trinajstić information content (AvgIpc) is 3.14. The highest BCUT2D eigenvalue weighted by molar-refractivity contribution is 6.30. The van der Waals surface area contributed by atoms with Gasteiger partial charge in [-0.1, -0.05) is 54.1 Å². The minimum absolute atomic E-state index is 0.521. The Balaban J connectivity index is 1.30. The Morgan fingerprint density at radius 3 is 2.57 bits per heavy atom. The lowest BCUT2D eigenvalue weighted by Crippen LogP contribution is -2.17. The zero-order valence-electron chi connectivity index (χ0n) is 15.5. The number of hydrogen-bond donors (Lipinski definition) is 2. The summed E-state index contributed by atoms with van der Waals surface area (Å²) in [7, 11) is 0. The van der Waals surface area contributed by atoms with Gasteiger partial charge in [-0.2, -0.15) is 0 Å². The number of aromatic nitrogens is 2. The molecule has 0 amide bonds. The maximum absolute atomic E-state index is 6.02. The van der Waals surface area contributed by atoms with E-state index >= 15 is 0 Å². The molecule has 0 saturated carbocycles. The largest absolute Gasteiger partial charge is 0.489 e. The van der Waals surface area contributed by atoms with E-state index in [9.17, 15) is 0 Å². The van der Waals surface area contributed by atoms with Crippen LogP contribution in [0.1, 0.15) is 17.0 Å². The van der Waals surface area contributed by atoms with Crippen LogP contribution in [0.2, 0.25) is 5.02 Å². The molecule has 4 rings (SSSR count). The lowest BCUT2D eigenvalue weighted by molar-refractivity contribution is 0.302. The van der Waals surface area contributed by atoms with Gasteiger partial charge in [0.15, 0.2) is 0 Å². The molecule has 0 aliphatic rings. The summed E-state index contributed by atoms with van der Waals surface area (Å²) in [5, 5.41) is 4.22. The second kappa shape index (κ2) is 8.91. The first kappa shape index (κ1) is 18.5. The van der Waals surface area contributed by atoms with Crippen LogP contribution in [-0.4, -0.2) is 16.5 Å². The fourth-order valence-electron chi connectivity index (χ4n) is 3.09. The summed E-state index contributed by atoms with van der Waals surface area (Å²) in [6.45, 7) is 2.11. The van der Waals surface area contributed by atoms with Crippen LogP contribution in [0.3, 0.4) is 0 Å². The van der Waals surface area contributed by atoms with Crippen molar-refractivity contribution in [1.29, 1.82) is 0 Å². The predicted octanol–water partition coefficient (Wildman–Crippen LogP) is 5.13. The first-order valence-corrected chi connectivity index (χ1v) is 9.75. The number of imidazole rings is 1. The predicted molar refractivity (Wildman–Crippen MR) is 114 cm³/mol. The van der Waals surface area contributed by atoms with Gasteiger partial charge >= 0.3 is 0 Å². The number of H-pyrrole nitrogens is 1. The monoisotopic (exact) mass is 391 g/mol. The summed E-state index contributed by atoms with van der Waals surface area (Å²) in [5.74, 6) is 1.90. The molecule has 0 unspecified atom stereocenters. The van der Waals surface area contributed by atoms with Crippen LogP contribution in [0.5, 0.6) is 5.75 Å². The first-order chi connectivity index (χ1) is 13.8. The summed E-state index contributed by atoms with van der Waals surface area (Å²) in [6, 6.07) is 23.9. The third-order valence-electron chi connectivity index (χ3n) is 4.57. The molecule has 0 radical (unpaired) electrons. The molecule has 3 aromatic carbocycles. The lowest BCUT2D eigenvalue weighted by atomic mass is 10.2. The molecule has 0 fully saturated rings. The molecule has 0 saturated heterocycles. The second-order valence-corrected chi connectivity index (χ2v) is 7.09. The first-order valence-electron chi connectivity index (χ1n) is 9.37. The number of fused-ring (bicyclic) bond motifs is 1. The quantitative estimate of drug-likeness (QED) is 0.409. The number of nitrogens with zero attached hydrogens (tertiary/aromatic N) is 1. The minimum atomic E-state index is 0.521. The zero-order chi connectivity index (χ0) is 19.2. The summed E-state index contributed by atoms with van der Waals surface area (Å²) < 4.78 is 6.02. The number of aromatic amines is 1. The Kier molecular flexibility index (Phi) is 5.90. The molecule has 1 aromatic heterocycles. The number of benzene rings is 3. The molecule has 0 bridgehead atoms. The number of nitrogens with one attached hydrogen (secondary N) is 2. The number of halogens is 1. The number of para-hydroxylation sites is 3. The maximum atomic E-state index is 6.02. The third-order valence-corrected chi connectivity index (χ3v) is 4.82. The fraction of sp³-hybridized carbons (Fsp3) is 0.174. The van der Waals surface area contributed by atoms with Crippen molar-refractivity contribution in [3.63, 3.8) is 0 Å². The Labute approximate surface area is 169 Å². The van der Waals surface area contributed by atoms with Gasteiger partial charge < -0.3 is 15.0 Å².